The second-order valence-electron chi connectivity index (χ2n) is 8.03. The van der Waals surface area contributed by atoms with Gasteiger partial charge in [-0.05, 0) is 55.5 Å². The standard InChI is InChI=1S/C21H25N3O6S/c1-14-4-3-9-23(12-14)31(27,28)17-6-7-18(19(11-17)24(25)26)22-15(2)16-5-8-20-21(10-16)30-13-29-20/h5-8,10-11,14-15,22H,3-4,9,12-13H2,1-2H3/t14-,15-/m0/s1. The van der Waals surface area contributed by atoms with Gasteiger partial charge in [0.1, 0.15) is 5.69 Å². The first-order valence-electron chi connectivity index (χ1n) is 10.2. The van der Waals surface area contributed by atoms with Crippen LogP contribution in [-0.2, 0) is 10.0 Å². The Hall–Kier alpha value is -2.85. The molecule has 0 aliphatic carbocycles. The van der Waals surface area contributed by atoms with E-state index < -0.39 is 14.9 Å². The van der Waals surface area contributed by atoms with Crippen molar-refractivity contribution in [2.75, 3.05) is 25.2 Å². The molecule has 4 rings (SSSR count). The lowest BCUT2D eigenvalue weighted by Gasteiger charge is -2.30. The smallest absolute Gasteiger partial charge is 0.293 e. The molecular formula is C21H25N3O6S. The molecule has 2 aliphatic heterocycles. The quantitative estimate of drug-likeness (QED) is 0.528. The maximum absolute atomic E-state index is 13.0. The van der Waals surface area contributed by atoms with E-state index in [0.29, 0.717) is 24.6 Å². The predicted octanol–water partition coefficient (Wildman–Crippen LogP) is 3.92. The monoisotopic (exact) mass is 447 g/mol. The number of rotatable bonds is 6. The number of nitro benzene ring substituents is 1. The zero-order valence-electron chi connectivity index (χ0n) is 17.4. The van der Waals surface area contributed by atoms with Crippen LogP contribution in [0.1, 0.15) is 38.3 Å². The highest BCUT2D eigenvalue weighted by molar-refractivity contribution is 7.89. The number of piperidine rings is 1. The molecule has 9 nitrogen and oxygen atoms in total. The molecular weight excluding hydrogens is 422 g/mol. The SMILES string of the molecule is C[C@H]1CCCN(S(=O)(=O)c2ccc(N[C@@H](C)c3ccc4c(c3)OCO4)c([N+](=O)[O-])c2)C1. The van der Waals surface area contributed by atoms with Crippen molar-refractivity contribution >= 4 is 21.4 Å². The molecule has 0 unspecified atom stereocenters. The third kappa shape index (κ3) is 4.31. The van der Waals surface area contributed by atoms with Gasteiger partial charge in [-0.15, -0.1) is 0 Å². The number of ether oxygens (including phenoxy) is 2. The highest BCUT2D eigenvalue weighted by Gasteiger charge is 2.31. The minimum absolute atomic E-state index is 0.0606. The summed E-state index contributed by atoms with van der Waals surface area (Å²) in [6.07, 6.45) is 1.77. The van der Waals surface area contributed by atoms with E-state index in [2.05, 4.69) is 5.32 Å². The second-order valence-corrected chi connectivity index (χ2v) is 9.96. The second kappa shape index (κ2) is 8.35. The van der Waals surface area contributed by atoms with E-state index in [1.165, 1.54) is 16.4 Å². The Labute approximate surface area is 181 Å². The average molecular weight is 448 g/mol. The molecule has 2 aromatic carbocycles. The first-order valence-corrected chi connectivity index (χ1v) is 11.6. The Morgan fingerprint density at radius 2 is 1.97 bits per heavy atom. The number of hydrogen-bond donors (Lipinski definition) is 1. The van der Waals surface area contributed by atoms with E-state index in [9.17, 15) is 18.5 Å². The van der Waals surface area contributed by atoms with Crippen molar-refractivity contribution < 1.29 is 22.8 Å². The van der Waals surface area contributed by atoms with Crippen LogP contribution in [0.4, 0.5) is 11.4 Å². The van der Waals surface area contributed by atoms with Gasteiger partial charge in [-0.1, -0.05) is 13.0 Å². The third-order valence-corrected chi connectivity index (χ3v) is 7.55. The summed E-state index contributed by atoms with van der Waals surface area (Å²) in [5.74, 6) is 1.54. The van der Waals surface area contributed by atoms with E-state index >= 15 is 0 Å². The van der Waals surface area contributed by atoms with E-state index in [4.69, 9.17) is 9.47 Å². The summed E-state index contributed by atoms with van der Waals surface area (Å²) in [4.78, 5) is 11.1. The molecule has 0 amide bonds. The molecule has 2 heterocycles. The Kier molecular flexibility index (Phi) is 5.76. The summed E-state index contributed by atoms with van der Waals surface area (Å²) >= 11 is 0. The molecule has 0 bridgehead atoms. The van der Waals surface area contributed by atoms with Crippen LogP contribution in [0.25, 0.3) is 0 Å². The summed E-state index contributed by atoms with van der Waals surface area (Å²) in [6.45, 7) is 4.90. The molecule has 0 spiro atoms. The number of nitro groups is 1. The van der Waals surface area contributed by atoms with Crippen LogP contribution in [0.2, 0.25) is 0 Å². The Morgan fingerprint density at radius 1 is 1.19 bits per heavy atom. The number of benzene rings is 2. The van der Waals surface area contributed by atoms with Gasteiger partial charge in [0, 0.05) is 25.2 Å². The number of nitrogens with one attached hydrogen (secondary N) is 1. The molecule has 0 radical (unpaired) electrons. The summed E-state index contributed by atoms with van der Waals surface area (Å²) in [5.41, 5.74) is 0.831. The molecule has 2 atom stereocenters. The van der Waals surface area contributed by atoms with Gasteiger partial charge in [-0.25, -0.2) is 8.42 Å². The van der Waals surface area contributed by atoms with Gasteiger partial charge in [0.2, 0.25) is 16.8 Å². The number of sulfonamides is 1. The largest absolute Gasteiger partial charge is 0.454 e. The van der Waals surface area contributed by atoms with Crippen LogP contribution in [0, 0.1) is 16.0 Å². The molecule has 0 aromatic heterocycles. The number of fused-ring (bicyclic) bond motifs is 1. The normalized spacial score (nSPS) is 19.7. The first-order chi connectivity index (χ1) is 14.8. The molecule has 1 saturated heterocycles. The van der Waals surface area contributed by atoms with Crippen LogP contribution in [0.5, 0.6) is 11.5 Å². The molecule has 1 fully saturated rings. The van der Waals surface area contributed by atoms with Crippen molar-refractivity contribution in [2.45, 2.75) is 37.6 Å². The number of anilines is 1. The first kappa shape index (κ1) is 21.4. The van der Waals surface area contributed by atoms with Crippen molar-refractivity contribution in [1.82, 2.24) is 4.31 Å². The van der Waals surface area contributed by atoms with Crippen molar-refractivity contribution in [3.8, 4) is 11.5 Å². The zero-order valence-corrected chi connectivity index (χ0v) is 18.2. The molecule has 10 heteroatoms. The molecule has 0 saturated carbocycles. The maximum atomic E-state index is 13.0. The number of nitrogens with zero attached hydrogens (tertiary/aromatic N) is 2. The van der Waals surface area contributed by atoms with E-state index in [-0.39, 0.29) is 35.0 Å². The lowest BCUT2D eigenvalue weighted by atomic mass is 10.0. The lowest BCUT2D eigenvalue weighted by Crippen LogP contribution is -2.39. The van der Waals surface area contributed by atoms with Gasteiger partial charge in [0.15, 0.2) is 11.5 Å². The van der Waals surface area contributed by atoms with Gasteiger partial charge in [0.05, 0.1) is 9.82 Å². The summed E-state index contributed by atoms with van der Waals surface area (Å²) in [7, 11) is -3.78. The van der Waals surface area contributed by atoms with E-state index in [1.54, 1.807) is 6.07 Å². The Balaban J connectivity index is 1.59. The maximum Gasteiger partial charge on any atom is 0.293 e. The van der Waals surface area contributed by atoms with Gasteiger partial charge in [0.25, 0.3) is 5.69 Å². The van der Waals surface area contributed by atoms with Crippen molar-refractivity contribution in [1.29, 1.82) is 0 Å². The summed E-state index contributed by atoms with van der Waals surface area (Å²) in [5, 5.41) is 14.8. The highest BCUT2D eigenvalue weighted by atomic mass is 32.2. The van der Waals surface area contributed by atoms with E-state index in [0.717, 1.165) is 24.5 Å². The third-order valence-electron chi connectivity index (χ3n) is 5.69. The Bertz CT molecular complexity index is 1100. The zero-order chi connectivity index (χ0) is 22.2. The van der Waals surface area contributed by atoms with Gasteiger partial charge in [-0.2, -0.15) is 4.31 Å². The number of hydrogen-bond acceptors (Lipinski definition) is 7. The highest BCUT2D eigenvalue weighted by Crippen LogP contribution is 2.36. The minimum atomic E-state index is -3.78. The molecule has 31 heavy (non-hydrogen) atoms. The van der Waals surface area contributed by atoms with Gasteiger partial charge in [-0.3, -0.25) is 10.1 Å². The van der Waals surface area contributed by atoms with E-state index in [1.807, 2.05) is 26.0 Å². The average Bonchev–Trinajstić information content (AvgIpc) is 3.21. The molecule has 2 aromatic rings. The fourth-order valence-electron chi connectivity index (χ4n) is 3.96. The van der Waals surface area contributed by atoms with Crippen LogP contribution in [0.3, 0.4) is 0 Å². The Morgan fingerprint density at radius 3 is 2.71 bits per heavy atom. The fraction of sp³-hybridized carbons (Fsp3) is 0.429. The van der Waals surface area contributed by atoms with Crippen molar-refractivity contribution in [3.05, 3.63) is 52.1 Å². The van der Waals surface area contributed by atoms with Gasteiger partial charge >= 0.3 is 0 Å². The molecule has 166 valence electrons. The summed E-state index contributed by atoms with van der Waals surface area (Å²) in [6, 6.07) is 9.22. The van der Waals surface area contributed by atoms with Gasteiger partial charge < -0.3 is 14.8 Å². The predicted molar refractivity (Wildman–Crippen MR) is 115 cm³/mol. The molecule has 2 aliphatic rings. The topological polar surface area (TPSA) is 111 Å². The minimum Gasteiger partial charge on any atom is -0.454 e. The fourth-order valence-corrected chi connectivity index (χ4v) is 5.58. The van der Waals surface area contributed by atoms with Crippen LogP contribution in [-0.4, -0.2) is 37.5 Å². The van der Waals surface area contributed by atoms with Crippen LogP contribution >= 0.6 is 0 Å². The lowest BCUT2D eigenvalue weighted by molar-refractivity contribution is -0.384. The molecule has 1 N–H and O–H groups in total. The summed E-state index contributed by atoms with van der Waals surface area (Å²) < 4.78 is 38.2. The van der Waals surface area contributed by atoms with Crippen LogP contribution < -0.4 is 14.8 Å². The van der Waals surface area contributed by atoms with Crippen molar-refractivity contribution in [2.24, 2.45) is 5.92 Å². The van der Waals surface area contributed by atoms with Crippen molar-refractivity contribution in [3.63, 3.8) is 0 Å². The van der Waals surface area contributed by atoms with Crippen LogP contribution in [0.15, 0.2) is 41.3 Å².